The van der Waals surface area contributed by atoms with Crippen LogP contribution in [-0.4, -0.2) is 9.55 Å². The number of rotatable bonds is 7. The lowest BCUT2D eigenvalue weighted by atomic mass is 10.0. The minimum atomic E-state index is 0.969. The van der Waals surface area contributed by atoms with Gasteiger partial charge in [-0.1, -0.05) is 56.0 Å². The van der Waals surface area contributed by atoms with Crippen molar-refractivity contribution < 1.29 is 0 Å². The molecule has 0 fully saturated rings. The Labute approximate surface area is 164 Å². The Morgan fingerprint density at radius 3 is 2.67 bits per heavy atom. The largest absolute Gasteiger partial charge is 0.293 e. The number of hydrogen-bond acceptors (Lipinski definition) is 1. The monoisotopic (exact) mass is 360 g/mol. The molecular formula is C25H32N2. The third kappa shape index (κ3) is 4.97. The smallest absolute Gasteiger partial charge is 0.145 e. The van der Waals surface area contributed by atoms with Crippen LogP contribution in [0.2, 0.25) is 0 Å². The molecule has 2 heteroatoms. The molecule has 1 heterocycles. The molecule has 0 bridgehead atoms. The molecule has 142 valence electrons. The van der Waals surface area contributed by atoms with Crippen molar-refractivity contribution in [2.24, 2.45) is 0 Å². The van der Waals surface area contributed by atoms with Crippen LogP contribution in [0.3, 0.4) is 0 Å². The number of nitrogens with zero attached hydrogens (tertiary/aromatic N) is 2. The van der Waals surface area contributed by atoms with E-state index in [1.807, 2.05) is 19.1 Å². The molecule has 0 aromatic carbocycles. The van der Waals surface area contributed by atoms with Gasteiger partial charge in [0.2, 0.25) is 0 Å². The van der Waals surface area contributed by atoms with Crippen LogP contribution in [-0.2, 0) is 0 Å². The van der Waals surface area contributed by atoms with Gasteiger partial charge in [-0.25, -0.2) is 4.98 Å². The van der Waals surface area contributed by atoms with E-state index in [9.17, 15) is 0 Å². The summed E-state index contributed by atoms with van der Waals surface area (Å²) in [6.07, 6.45) is 25.7. The second-order valence-electron chi connectivity index (χ2n) is 6.61. The molecule has 0 spiro atoms. The molecule has 1 aromatic heterocycles. The molecule has 0 saturated carbocycles. The van der Waals surface area contributed by atoms with Crippen molar-refractivity contribution in [3.05, 3.63) is 78.0 Å². The van der Waals surface area contributed by atoms with Crippen LogP contribution in [0.4, 0.5) is 0 Å². The van der Waals surface area contributed by atoms with Crippen LogP contribution in [0, 0.1) is 0 Å². The normalized spacial score (nSPS) is 16.2. The summed E-state index contributed by atoms with van der Waals surface area (Å²) in [4.78, 5) is 5.04. The third-order valence-electron chi connectivity index (χ3n) is 4.53. The second-order valence-corrected chi connectivity index (χ2v) is 6.61. The highest BCUT2D eigenvalue weighted by atomic mass is 15.1. The summed E-state index contributed by atoms with van der Waals surface area (Å²) in [6.45, 7) is 12.3. The lowest BCUT2D eigenvalue weighted by molar-refractivity contribution is 0.874. The molecule has 0 radical (unpaired) electrons. The van der Waals surface area contributed by atoms with Crippen molar-refractivity contribution in [1.29, 1.82) is 0 Å². The zero-order chi connectivity index (χ0) is 19.6. The van der Waals surface area contributed by atoms with E-state index in [0.717, 1.165) is 42.0 Å². The topological polar surface area (TPSA) is 17.8 Å². The van der Waals surface area contributed by atoms with Crippen LogP contribution >= 0.6 is 0 Å². The Balaban J connectivity index is 2.84. The Hall–Kier alpha value is -2.61. The molecule has 2 nitrogen and oxygen atoms in total. The van der Waals surface area contributed by atoms with Crippen molar-refractivity contribution in [2.45, 2.75) is 53.4 Å². The van der Waals surface area contributed by atoms with Gasteiger partial charge in [-0.15, -0.1) is 0 Å². The molecule has 0 atom stereocenters. The molecule has 2 rings (SSSR count). The van der Waals surface area contributed by atoms with Crippen LogP contribution in [0.25, 0.3) is 23.4 Å². The minimum Gasteiger partial charge on any atom is -0.293 e. The first kappa shape index (κ1) is 20.7. The fourth-order valence-electron chi connectivity index (χ4n) is 3.33. The van der Waals surface area contributed by atoms with E-state index >= 15 is 0 Å². The molecular weight excluding hydrogens is 328 g/mol. The highest BCUT2D eigenvalue weighted by Gasteiger charge is 2.19. The van der Waals surface area contributed by atoms with Gasteiger partial charge in [-0.2, -0.15) is 0 Å². The van der Waals surface area contributed by atoms with E-state index in [0.29, 0.717) is 0 Å². The van der Waals surface area contributed by atoms with Crippen molar-refractivity contribution in [3.63, 3.8) is 0 Å². The average molecular weight is 361 g/mol. The van der Waals surface area contributed by atoms with Gasteiger partial charge < -0.3 is 0 Å². The summed E-state index contributed by atoms with van der Waals surface area (Å²) < 4.78 is 2.29. The number of imidazole rings is 1. The van der Waals surface area contributed by atoms with E-state index < -0.39 is 0 Å². The molecule has 27 heavy (non-hydrogen) atoms. The highest BCUT2D eigenvalue weighted by Crippen LogP contribution is 2.31. The quantitative estimate of drug-likeness (QED) is 0.461. The van der Waals surface area contributed by atoms with Crippen molar-refractivity contribution in [3.8, 4) is 0 Å². The van der Waals surface area contributed by atoms with Crippen LogP contribution < -0.4 is 0 Å². The standard InChI is InChI=1S/C25H32N2/c1-6-14-20(5)22(15-7-2)25-26-23(16-8-3)24(17-9-4)27(25)21-18-12-10-11-13-19-21/h7-9,12,14-19H,2,6,10-11,13H2,1,3-5H3/b16-8-,17-9-,20-14-,22-15+. The predicted octanol–water partition coefficient (Wildman–Crippen LogP) is 7.46. The first-order valence-corrected chi connectivity index (χ1v) is 9.93. The molecule has 1 aromatic rings. The maximum Gasteiger partial charge on any atom is 0.145 e. The Morgan fingerprint density at radius 2 is 2.00 bits per heavy atom. The summed E-state index contributed by atoms with van der Waals surface area (Å²) >= 11 is 0. The average Bonchev–Trinajstić information content (AvgIpc) is 2.83. The molecule has 0 aliphatic heterocycles. The summed E-state index contributed by atoms with van der Waals surface area (Å²) in [5.41, 5.74) is 5.64. The van der Waals surface area contributed by atoms with Crippen molar-refractivity contribution >= 4 is 23.4 Å². The number of allylic oxidation sites excluding steroid dienone is 11. The Morgan fingerprint density at radius 1 is 1.22 bits per heavy atom. The van der Waals surface area contributed by atoms with E-state index in [-0.39, 0.29) is 0 Å². The number of aromatic nitrogens is 2. The lowest BCUT2D eigenvalue weighted by Crippen LogP contribution is -2.04. The van der Waals surface area contributed by atoms with E-state index in [1.54, 1.807) is 0 Å². The van der Waals surface area contributed by atoms with E-state index in [4.69, 9.17) is 4.98 Å². The molecule has 0 saturated heterocycles. The van der Waals surface area contributed by atoms with E-state index in [1.165, 1.54) is 17.7 Å². The molecule has 0 unspecified atom stereocenters. The maximum atomic E-state index is 5.04. The molecule has 1 aliphatic carbocycles. The van der Waals surface area contributed by atoms with Gasteiger partial charge >= 0.3 is 0 Å². The second kappa shape index (κ2) is 10.5. The van der Waals surface area contributed by atoms with Gasteiger partial charge in [-0.05, 0) is 70.3 Å². The minimum absolute atomic E-state index is 0.969. The SMILES string of the molecule is C=C/C=C(\C(C)=C/CC)c1nc(/C=C\C)c(/C=C\C)n1C1=CCCCC=C1. The molecule has 0 N–H and O–H groups in total. The Kier molecular flexibility index (Phi) is 8.06. The fraction of sp³-hybridized carbons (Fsp3) is 0.320. The highest BCUT2D eigenvalue weighted by molar-refractivity contribution is 5.82. The van der Waals surface area contributed by atoms with Crippen molar-refractivity contribution in [2.75, 3.05) is 0 Å². The molecule has 0 amide bonds. The van der Waals surface area contributed by atoms with Gasteiger partial charge in [0, 0.05) is 11.3 Å². The predicted molar refractivity (Wildman–Crippen MR) is 121 cm³/mol. The van der Waals surface area contributed by atoms with Gasteiger partial charge in [0.15, 0.2) is 0 Å². The van der Waals surface area contributed by atoms with Crippen molar-refractivity contribution in [1.82, 2.24) is 9.55 Å². The van der Waals surface area contributed by atoms with Crippen LogP contribution in [0.5, 0.6) is 0 Å². The first-order valence-electron chi connectivity index (χ1n) is 9.93. The van der Waals surface area contributed by atoms with Gasteiger partial charge in [0.25, 0.3) is 0 Å². The number of hydrogen-bond donors (Lipinski definition) is 0. The van der Waals surface area contributed by atoms with Gasteiger partial charge in [0.05, 0.1) is 11.4 Å². The first-order chi connectivity index (χ1) is 13.2. The van der Waals surface area contributed by atoms with Gasteiger partial charge in [-0.3, -0.25) is 4.57 Å². The fourth-order valence-corrected chi connectivity index (χ4v) is 3.33. The van der Waals surface area contributed by atoms with E-state index in [2.05, 4.69) is 80.5 Å². The van der Waals surface area contributed by atoms with Crippen LogP contribution in [0.15, 0.2) is 60.8 Å². The Bertz CT molecular complexity index is 836. The summed E-state index contributed by atoms with van der Waals surface area (Å²) in [6, 6.07) is 0. The zero-order valence-electron chi connectivity index (χ0n) is 17.2. The summed E-state index contributed by atoms with van der Waals surface area (Å²) in [5, 5.41) is 0. The summed E-state index contributed by atoms with van der Waals surface area (Å²) in [7, 11) is 0. The third-order valence-corrected chi connectivity index (χ3v) is 4.53. The van der Waals surface area contributed by atoms with Crippen LogP contribution in [0.1, 0.15) is 70.6 Å². The summed E-state index contributed by atoms with van der Waals surface area (Å²) in [5.74, 6) is 0.969. The maximum absolute atomic E-state index is 5.04. The zero-order valence-corrected chi connectivity index (χ0v) is 17.2. The lowest BCUT2D eigenvalue weighted by Gasteiger charge is -2.14. The molecule has 1 aliphatic rings. The van der Waals surface area contributed by atoms with Gasteiger partial charge in [0.1, 0.15) is 5.82 Å².